The molecule has 0 radical (unpaired) electrons. The van der Waals surface area contributed by atoms with Gasteiger partial charge in [-0.25, -0.2) is 0 Å². The second kappa shape index (κ2) is 6.55. The number of rotatable bonds is 5. The van der Waals surface area contributed by atoms with Crippen molar-refractivity contribution in [3.8, 4) is 0 Å². The van der Waals surface area contributed by atoms with E-state index < -0.39 is 0 Å². The van der Waals surface area contributed by atoms with Crippen LogP contribution in [-0.4, -0.2) is 42.3 Å². The van der Waals surface area contributed by atoms with Crippen LogP contribution >= 0.6 is 0 Å². The number of nitrogens with zero attached hydrogens (tertiary/aromatic N) is 1. The lowest BCUT2D eigenvalue weighted by molar-refractivity contribution is -0.0803. The van der Waals surface area contributed by atoms with Crippen LogP contribution in [0.25, 0.3) is 0 Å². The fourth-order valence-corrected chi connectivity index (χ4v) is 4.05. The molecule has 2 rings (SSSR count). The maximum absolute atomic E-state index is 6.25. The first-order valence-corrected chi connectivity index (χ1v) is 8.16. The Labute approximate surface area is 118 Å². The van der Waals surface area contributed by atoms with Gasteiger partial charge in [0.2, 0.25) is 0 Å². The Bertz CT molecular complexity index is 276. The SMILES string of the molecule is CC(C)CN(C1CCCC1)C1(CN)CCOC(C)C1. The van der Waals surface area contributed by atoms with Gasteiger partial charge in [-0.15, -0.1) is 0 Å². The average Bonchev–Trinajstić information content (AvgIpc) is 2.89. The highest BCUT2D eigenvalue weighted by Gasteiger charge is 2.43. The number of ether oxygens (including phenoxy) is 1. The summed E-state index contributed by atoms with van der Waals surface area (Å²) in [5.41, 5.74) is 6.44. The Morgan fingerprint density at radius 2 is 2.00 bits per heavy atom. The summed E-state index contributed by atoms with van der Waals surface area (Å²) in [6.45, 7) is 9.70. The normalized spacial score (nSPS) is 33.5. The van der Waals surface area contributed by atoms with Gasteiger partial charge < -0.3 is 10.5 Å². The summed E-state index contributed by atoms with van der Waals surface area (Å²) in [6.07, 6.45) is 8.09. The van der Waals surface area contributed by atoms with Crippen LogP contribution in [0.15, 0.2) is 0 Å². The molecule has 1 heterocycles. The van der Waals surface area contributed by atoms with E-state index in [0.29, 0.717) is 12.0 Å². The van der Waals surface area contributed by atoms with Crippen molar-refractivity contribution in [1.29, 1.82) is 0 Å². The first kappa shape index (κ1) is 15.3. The molecular formula is C16H32N2O. The molecule has 2 aliphatic rings. The molecule has 112 valence electrons. The highest BCUT2D eigenvalue weighted by Crippen LogP contribution is 2.36. The fourth-order valence-electron chi connectivity index (χ4n) is 4.05. The zero-order valence-electron chi connectivity index (χ0n) is 13.0. The van der Waals surface area contributed by atoms with Gasteiger partial charge in [-0.1, -0.05) is 26.7 Å². The molecule has 3 nitrogen and oxygen atoms in total. The second-order valence-corrected chi connectivity index (χ2v) is 7.05. The van der Waals surface area contributed by atoms with E-state index in [1.165, 1.54) is 32.2 Å². The van der Waals surface area contributed by atoms with Crippen molar-refractivity contribution in [3.63, 3.8) is 0 Å². The molecule has 0 spiro atoms. The molecule has 19 heavy (non-hydrogen) atoms. The first-order valence-electron chi connectivity index (χ1n) is 8.16. The van der Waals surface area contributed by atoms with Gasteiger partial charge in [0, 0.05) is 31.3 Å². The summed E-state index contributed by atoms with van der Waals surface area (Å²) in [5.74, 6) is 0.710. The molecule has 1 aliphatic heterocycles. The summed E-state index contributed by atoms with van der Waals surface area (Å²) >= 11 is 0. The molecule has 0 bridgehead atoms. The van der Waals surface area contributed by atoms with E-state index in [1.807, 2.05) is 0 Å². The Morgan fingerprint density at radius 3 is 2.53 bits per heavy atom. The molecule has 0 amide bonds. The minimum absolute atomic E-state index is 0.191. The standard InChI is InChI=1S/C16H32N2O/c1-13(2)11-18(15-6-4-5-7-15)16(12-17)8-9-19-14(3)10-16/h13-15H,4-12,17H2,1-3H3. The van der Waals surface area contributed by atoms with Crippen molar-refractivity contribution < 1.29 is 4.74 Å². The largest absolute Gasteiger partial charge is 0.378 e. The van der Waals surface area contributed by atoms with Crippen molar-refractivity contribution in [2.45, 2.75) is 77.0 Å². The molecule has 3 heteroatoms. The predicted octanol–water partition coefficient (Wildman–Crippen LogP) is 2.78. The number of hydrogen-bond acceptors (Lipinski definition) is 3. The predicted molar refractivity (Wildman–Crippen MR) is 80.2 cm³/mol. The van der Waals surface area contributed by atoms with E-state index in [-0.39, 0.29) is 5.54 Å². The molecule has 2 unspecified atom stereocenters. The van der Waals surface area contributed by atoms with E-state index in [9.17, 15) is 0 Å². The zero-order valence-corrected chi connectivity index (χ0v) is 13.0. The third-order valence-electron chi connectivity index (χ3n) is 4.95. The lowest BCUT2D eigenvalue weighted by Crippen LogP contribution is -2.61. The van der Waals surface area contributed by atoms with E-state index in [2.05, 4.69) is 25.7 Å². The maximum atomic E-state index is 6.25. The van der Waals surface area contributed by atoms with E-state index in [1.54, 1.807) is 0 Å². The van der Waals surface area contributed by atoms with E-state index >= 15 is 0 Å². The molecule has 1 saturated heterocycles. The lowest BCUT2D eigenvalue weighted by Gasteiger charge is -2.51. The van der Waals surface area contributed by atoms with Gasteiger partial charge in [0.1, 0.15) is 0 Å². The van der Waals surface area contributed by atoms with Gasteiger partial charge in [-0.3, -0.25) is 4.90 Å². The molecule has 0 aromatic carbocycles. The van der Waals surface area contributed by atoms with Crippen LogP contribution < -0.4 is 5.73 Å². The topological polar surface area (TPSA) is 38.5 Å². The van der Waals surface area contributed by atoms with Crippen LogP contribution in [0, 0.1) is 5.92 Å². The second-order valence-electron chi connectivity index (χ2n) is 7.05. The van der Waals surface area contributed by atoms with Crippen molar-refractivity contribution in [2.75, 3.05) is 19.7 Å². The van der Waals surface area contributed by atoms with E-state index in [0.717, 1.165) is 32.0 Å². The first-order chi connectivity index (χ1) is 9.07. The van der Waals surface area contributed by atoms with Crippen LogP contribution in [0.3, 0.4) is 0 Å². The minimum atomic E-state index is 0.191. The average molecular weight is 268 g/mol. The third-order valence-corrected chi connectivity index (χ3v) is 4.95. The van der Waals surface area contributed by atoms with Gasteiger partial charge >= 0.3 is 0 Å². The third kappa shape index (κ3) is 3.50. The molecule has 0 aromatic heterocycles. The quantitative estimate of drug-likeness (QED) is 0.833. The van der Waals surface area contributed by atoms with Crippen LogP contribution in [0.4, 0.5) is 0 Å². The van der Waals surface area contributed by atoms with Crippen LogP contribution in [-0.2, 0) is 4.74 Å². The smallest absolute Gasteiger partial charge is 0.0565 e. The van der Waals surface area contributed by atoms with Gasteiger partial charge in [0.25, 0.3) is 0 Å². The monoisotopic (exact) mass is 268 g/mol. The highest BCUT2D eigenvalue weighted by atomic mass is 16.5. The summed E-state index contributed by atoms with van der Waals surface area (Å²) in [4.78, 5) is 2.78. The van der Waals surface area contributed by atoms with Gasteiger partial charge in [-0.2, -0.15) is 0 Å². The Morgan fingerprint density at radius 1 is 1.32 bits per heavy atom. The molecule has 0 aromatic rings. The van der Waals surface area contributed by atoms with Crippen LogP contribution in [0.2, 0.25) is 0 Å². The molecule has 2 N–H and O–H groups in total. The van der Waals surface area contributed by atoms with Gasteiger partial charge in [-0.05, 0) is 38.5 Å². The fraction of sp³-hybridized carbons (Fsp3) is 1.00. The summed E-state index contributed by atoms with van der Waals surface area (Å²) in [6, 6.07) is 0.760. The maximum Gasteiger partial charge on any atom is 0.0565 e. The summed E-state index contributed by atoms with van der Waals surface area (Å²) < 4.78 is 5.77. The summed E-state index contributed by atoms with van der Waals surface area (Å²) in [5, 5.41) is 0. The van der Waals surface area contributed by atoms with Gasteiger partial charge in [0.15, 0.2) is 0 Å². The number of nitrogens with two attached hydrogens (primary N) is 1. The summed E-state index contributed by atoms with van der Waals surface area (Å²) in [7, 11) is 0. The van der Waals surface area contributed by atoms with Crippen molar-refractivity contribution in [2.24, 2.45) is 11.7 Å². The van der Waals surface area contributed by atoms with E-state index in [4.69, 9.17) is 10.5 Å². The molecule has 2 atom stereocenters. The molecule has 1 aliphatic carbocycles. The Kier molecular flexibility index (Phi) is 5.27. The highest BCUT2D eigenvalue weighted by molar-refractivity contribution is 4.99. The molecule has 1 saturated carbocycles. The van der Waals surface area contributed by atoms with Gasteiger partial charge in [0.05, 0.1) is 6.10 Å². The zero-order chi connectivity index (χ0) is 13.9. The van der Waals surface area contributed by atoms with Crippen molar-refractivity contribution in [3.05, 3.63) is 0 Å². The Balaban J connectivity index is 2.17. The lowest BCUT2D eigenvalue weighted by atomic mass is 9.83. The Hall–Kier alpha value is -0.120. The molecular weight excluding hydrogens is 236 g/mol. The van der Waals surface area contributed by atoms with Crippen LogP contribution in [0.5, 0.6) is 0 Å². The number of hydrogen-bond donors (Lipinski definition) is 1. The molecule has 2 fully saturated rings. The minimum Gasteiger partial charge on any atom is -0.378 e. The van der Waals surface area contributed by atoms with Crippen molar-refractivity contribution in [1.82, 2.24) is 4.90 Å². The van der Waals surface area contributed by atoms with Crippen LogP contribution in [0.1, 0.15) is 59.3 Å². The van der Waals surface area contributed by atoms with Crippen molar-refractivity contribution >= 4 is 0 Å².